The Morgan fingerprint density at radius 1 is 1.04 bits per heavy atom. The summed E-state index contributed by atoms with van der Waals surface area (Å²) in [6.45, 7) is 4.04. The lowest BCUT2D eigenvalue weighted by atomic mass is 10.0. The van der Waals surface area contributed by atoms with E-state index in [1.54, 1.807) is 12.3 Å². The zero-order chi connectivity index (χ0) is 19.9. The Balaban J connectivity index is 1.80. The Kier molecular flexibility index (Phi) is 5.69. The molecule has 3 aromatic rings. The maximum atomic E-state index is 8.70. The molecule has 0 fully saturated rings. The van der Waals surface area contributed by atoms with Gasteiger partial charge in [-0.2, -0.15) is 10.2 Å². The van der Waals surface area contributed by atoms with Crippen LogP contribution in [0.25, 0.3) is 6.08 Å². The minimum atomic E-state index is 0.488. The second kappa shape index (κ2) is 8.53. The van der Waals surface area contributed by atoms with Gasteiger partial charge in [-0.3, -0.25) is 0 Å². The number of aryl methyl sites for hydroxylation is 2. The van der Waals surface area contributed by atoms with Crippen molar-refractivity contribution in [2.24, 2.45) is 0 Å². The van der Waals surface area contributed by atoms with Crippen LogP contribution in [0.2, 0.25) is 0 Å². The van der Waals surface area contributed by atoms with Crippen LogP contribution in [0, 0.1) is 37.5 Å². The molecule has 0 amide bonds. The Morgan fingerprint density at radius 2 is 1.75 bits per heavy atom. The SMILES string of the molecule is C#Cc1ccc(Nc2nccc(Nc3c(C)cc(C=CC#N)cc3C)n2)cc1. The third kappa shape index (κ3) is 4.55. The number of hydrogen-bond acceptors (Lipinski definition) is 5. The number of rotatable bonds is 5. The van der Waals surface area contributed by atoms with Crippen molar-refractivity contribution in [2.45, 2.75) is 13.8 Å². The number of nitrogens with one attached hydrogen (secondary N) is 2. The summed E-state index contributed by atoms with van der Waals surface area (Å²) in [4.78, 5) is 8.80. The average Bonchev–Trinajstić information content (AvgIpc) is 2.70. The third-order valence-corrected chi connectivity index (χ3v) is 4.12. The normalized spacial score (nSPS) is 10.3. The lowest BCUT2D eigenvalue weighted by Gasteiger charge is -2.14. The molecular formula is C23H19N5. The minimum absolute atomic E-state index is 0.488. The van der Waals surface area contributed by atoms with E-state index < -0.39 is 0 Å². The average molecular weight is 365 g/mol. The topological polar surface area (TPSA) is 73.6 Å². The van der Waals surface area contributed by atoms with Crippen molar-refractivity contribution in [1.82, 2.24) is 9.97 Å². The van der Waals surface area contributed by atoms with Gasteiger partial charge in [0.25, 0.3) is 0 Å². The van der Waals surface area contributed by atoms with Gasteiger partial charge in [-0.1, -0.05) is 5.92 Å². The molecule has 0 bridgehead atoms. The van der Waals surface area contributed by atoms with Gasteiger partial charge >= 0.3 is 0 Å². The minimum Gasteiger partial charge on any atom is -0.340 e. The molecule has 3 rings (SSSR count). The molecule has 5 heteroatoms. The molecule has 5 nitrogen and oxygen atoms in total. The number of nitriles is 1. The van der Waals surface area contributed by atoms with Crippen molar-refractivity contribution >= 4 is 29.2 Å². The third-order valence-electron chi connectivity index (χ3n) is 4.12. The summed E-state index contributed by atoms with van der Waals surface area (Å²) in [5.74, 6) is 3.76. The van der Waals surface area contributed by atoms with Crippen molar-refractivity contribution in [3.8, 4) is 18.4 Å². The van der Waals surface area contributed by atoms with Crippen LogP contribution in [0.4, 0.5) is 23.1 Å². The summed E-state index contributed by atoms with van der Waals surface area (Å²) in [5.41, 5.74) is 5.78. The van der Waals surface area contributed by atoms with Crippen molar-refractivity contribution in [2.75, 3.05) is 10.6 Å². The van der Waals surface area contributed by atoms with E-state index in [1.807, 2.05) is 62.4 Å². The number of anilines is 4. The summed E-state index contributed by atoms with van der Waals surface area (Å²) in [5, 5.41) is 15.2. The Morgan fingerprint density at radius 3 is 2.39 bits per heavy atom. The van der Waals surface area contributed by atoms with Crippen molar-refractivity contribution in [3.63, 3.8) is 0 Å². The molecule has 136 valence electrons. The predicted molar refractivity (Wildman–Crippen MR) is 114 cm³/mol. The zero-order valence-corrected chi connectivity index (χ0v) is 15.7. The zero-order valence-electron chi connectivity index (χ0n) is 15.7. The molecule has 0 unspecified atom stereocenters. The van der Waals surface area contributed by atoms with Gasteiger partial charge in [0, 0.05) is 29.2 Å². The van der Waals surface area contributed by atoms with Gasteiger partial charge in [-0.25, -0.2) is 4.98 Å². The molecule has 1 heterocycles. The lowest BCUT2D eigenvalue weighted by Crippen LogP contribution is -2.02. The molecule has 2 N–H and O–H groups in total. The van der Waals surface area contributed by atoms with Gasteiger partial charge in [0.2, 0.25) is 5.95 Å². The van der Waals surface area contributed by atoms with E-state index in [4.69, 9.17) is 11.7 Å². The first-order chi connectivity index (χ1) is 13.6. The van der Waals surface area contributed by atoms with Gasteiger partial charge in [0.1, 0.15) is 5.82 Å². The van der Waals surface area contributed by atoms with Gasteiger partial charge in [0.05, 0.1) is 6.07 Å². The molecule has 2 aromatic carbocycles. The quantitative estimate of drug-likeness (QED) is 0.486. The molecule has 0 aliphatic heterocycles. The van der Waals surface area contributed by atoms with Crippen LogP contribution >= 0.6 is 0 Å². The maximum Gasteiger partial charge on any atom is 0.229 e. The van der Waals surface area contributed by atoms with Crippen LogP contribution in [0.3, 0.4) is 0 Å². The molecular weight excluding hydrogens is 346 g/mol. The number of allylic oxidation sites excluding steroid dienone is 1. The number of nitrogens with zero attached hydrogens (tertiary/aromatic N) is 3. The first-order valence-electron chi connectivity index (χ1n) is 8.70. The summed E-state index contributed by atoms with van der Waals surface area (Å²) >= 11 is 0. The van der Waals surface area contributed by atoms with Crippen molar-refractivity contribution in [3.05, 3.63) is 77.0 Å². The summed E-state index contributed by atoms with van der Waals surface area (Å²) in [6, 6.07) is 15.4. The highest BCUT2D eigenvalue weighted by Crippen LogP contribution is 2.26. The fraction of sp³-hybridized carbons (Fsp3) is 0.0870. The van der Waals surface area contributed by atoms with E-state index in [1.165, 1.54) is 6.08 Å². The largest absolute Gasteiger partial charge is 0.340 e. The van der Waals surface area contributed by atoms with E-state index in [-0.39, 0.29) is 0 Å². The monoisotopic (exact) mass is 365 g/mol. The standard InChI is InChI=1S/C23H19N5/c1-4-18-7-9-20(10-8-18)26-23-25-13-11-21(28-23)27-22-16(2)14-19(6-5-12-24)15-17(22)3/h1,5-11,13-15H,2-3H3,(H2,25,26,27,28). The van der Waals surface area contributed by atoms with Crippen molar-refractivity contribution in [1.29, 1.82) is 5.26 Å². The van der Waals surface area contributed by atoms with Crippen LogP contribution in [-0.2, 0) is 0 Å². The van der Waals surface area contributed by atoms with Crippen LogP contribution in [-0.4, -0.2) is 9.97 Å². The number of hydrogen-bond donors (Lipinski definition) is 2. The summed E-state index contributed by atoms with van der Waals surface area (Å²) < 4.78 is 0. The van der Waals surface area contributed by atoms with E-state index in [9.17, 15) is 0 Å². The van der Waals surface area contributed by atoms with E-state index >= 15 is 0 Å². The first kappa shape index (κ1) is 18.7. The van der Waals surface area contributed by atoms with E-state index in [2.05, 4.69) is 26.5 Å². The summed E-state index contributed by atoms with van der Waals surface area (Å²) in [7, 11) is 0. The molecule has 0 atom stereocenters. The second-order valence-corrected chi connectivity index (χ2v) is 6.23. The molecule has 1 aromatic heterocycles. The highest BCUT2D eigenvalue weighted by molar-refractivity contribution is 5.69. The summed E-state index contributed by atoms with van der Waals surface area (Å²) in [6.07, 6.45) is 10.3. The fourth-order valence-corrected chi connectivity index (χ4v) is 2.82. The molecule has 0 radical (unpaired) electrons. The van der Waals surface area contributed by atoms with Gasteiger partial charge in [-0.15, -0.1) is 6.42 Å². The van der Waals surface area contributed by atoms with Crippen LogP contribution in [0.5, 0.6) is 0 Å². The molecule has 0 spiro atoms. The van der Waals surface area contributed by atoms with Gasteiger partial charge in [0.15, 0.2) is 0 Å². The Bertz CT molecular complexity index is 1080. The van der Waals surface area contributed by atoms with Gasteiger partial charge < -0.3 is 10.6 Å². The van der Waals surface area contributed by atoms with Crippen LogP contribution in [0.15, 0.2) is 54.7 Å². The number of aromatic nitrogens is 2. The van der Waals surface area contributed by atoms with E-state index in [0.717, 1.165) is 33.6 Å². The predicted octanol–water partition coefficient (Wildman–Crippen LogP) is 5.10. The molecule has 0 saturated heterocycles. The van der Waals surface area contributed by atoms with Crippen LogP contribution < -0.4 is 10.6 Å². The smallest absolute Gasteiger partial charge is 0.229 e. The lowest BCUT2D eigenvalue weighted by molar-refractivity contribution is 1.16. The highest BCUT2D eigenvalue weighted by Gasteiger charge is 2.07. The van der Waals surface area contributed by atoms with Crippen molar-refractivity contribution < 1.29 is 0 Å². The van der Waals surface area contributed by atoms with Gasteiger partial charge in [-0.05, 0) is 79.1 Å². The maximum absolute atomic E-state index is 8.70. The van der Waals surface area contributed by atoms with Crippen LogP contribution in [0.1, 0.15) is 22.3 Å². The molecule has 0 aliphatic carbocycles. The molecule has 0 aliphatic rings. The number of benzene rings is 2. The second-order valence-electron chi connectivity index (χ2n) is 6.23. The Labute approximate surface area is 164 Å². The number of terminal acetylenes is 1. The first-order valence-corrected chi connectivity index (χ1v) is 8.70. The Hall–Kier alpha value is -4.09. The highest BCUT2D eigenvalue weighted by atomic mass is 15.1. The fourth-order valence-electron chi connectivity index (χ4n) is 2.82. The molecule has 28 heavy (non-hydrogen) atoms. The van der Waals surface area contributed by atoms with E-state index in [0.29, 0.717) is 11.8 Å². The molecule has 0 saturated carbocycles.